The summed E-state index contributed by atoms with van der Waals surface area (Å²) in [5, 5.41) is 2.81. The molecule has 0 unspecified atom stereocenters. The van der Waals surface area contributed by atoms with Crippen LogP contribution in [0, 0.1) is 0 Å². The van der Waals surface area contributed by atoms with E-state index >= 15 is 0 Å². The van der Waals surface area contributed by atoms with Gasteiger partial charge in [-0.25, -0.2) is 4.79 Å². The molecule has 19 heavy (non-hydrogen) atoms. The lowest BCUT2D eigenvalue weighted by Gasteiger charge is -2.08. The van der Waals surface area contributed by atoms with Crippen LogP contribution in [0.25, 0.3) is 0 Å². The molecule has 0 bridgehead atoms. The molecule has 5 nitrogen and oxygen atoms in total. The molecule has 0 saturated heterocycles. The number of ether oxygens (including phenoxy) is 2. The Morgan fingerprint density at radius 3 is 2.53 bits per heavy atom. The highest BCUT2D eigenvalue weighted by molar-refractivity contribution is 7.19. The SMILES string of the molecule is COC(=O)c1sc(NCCC(F)(F)F)c(OC)c1N. The summed E-state index contributed by atoms with van der Waals surface area (Å²) in [7, 11) is 2.50. The zero-order valence-corrected chi connectivity index (χ0v) is 11.1. The van der Waals surface area contributed by atoms with Crippen LogP contribution in [0.3, 0.4) is 0 Å². The first-order chi connectivity index (χ1) is 8.80. The number of alkyl halides is 3. The Balaban J connectivity index is 2.86. The third-order valence-electron chi connectivity index (χ3n) is 2.17. The molecular weight excluding hydrogens is 285 g/mol. The van der Waals surface area contributed by atoms with E-state index in [-0.39, 0.29) is 27.9 Å². The Morgan fingerprint density at radius 1 is 1.42 bits per heavy atom. The molecule has 1 aromatic rings. The van der Waals surface area contributed by atoms with Gasteiger partial charge in [0.25, 0.3) is 0 Å². The van der Waals surface area contributed by atoms with Gasteiger partial charge in [-0.2, -0.15) is 13.2 Å². The van der Waals surface area contributed by atoms with E-state index in [9.17, 15) is 18.0 Å². The van der Waals surface area contributed by atoms with Crippen molar-refractivity contribution in [3.8, 4) is 5.75 Å². The predicted octanol–water partition coefficient (Wildman–Crippen LogP) is 2.49. The largest absolute Gasteiger partial charge is 0.492 e. The number of methoxy groups -OCH3 is 2. The second kappa shape index (κ2) is 6.00. The lowest BCUT2D eigenvalue weighted by atomic mass is 10.3. The molecule has 108 valence electrons. The molecule has 0 radical (unpaired) electrons. The topological polar surface area (TPSA) is 73.6 Å². The number of nitrogens with two attached hydrogens (primary N) is 1. The molecule has 1 heterocycles. The fourth-order valence-electron chi connectivity index (χ4n) is 1.31. The summed E-state index contributed by atoms with van der Waals surface area (Å²) in [4.78, 5) is 11.5. The number of anilines is 2. The molecular formula is C10H13F3N2O3S. The van der Waals surface area contributed by atoms with Crippen molar-refractivity contribution in [2.75, 3.05) is 31.8 Å². The molecule has 0 spiro atoms. The van der Waals surface area contributed by atoms with E-state index in [1.807, 2.05) is 0 Å². The molecule has 0 aliphatic rings. The monoisotopic (exact) mass is 298 g/mol. The van der Waals surface area contributed by atoms with Crippen molar-refractivity contribution in [1.82, 2.24) is 0 Å². The summed E-state index contributed by atoms with van der Waals surface area (Å²) >= 11 is 0.891. The Bertz CT molecular complexity index is 460. The van der Waals surface area contributed by atoms with E-state index in [4.69, 9.17) is 10.5 Å². The van der Waals surface area contributed by atoms with E-state index in [2.05, 4.69) is 10.1 Å². The number of hydrogen-bond acceptors (Lipinski definition) is 6. The van der Waals surface area contributed by atoms with Gasteiger partial charge in [-0.05, 0) is 0 Å². The van der Waals surface area contributed by atoms with Gasteiger partial charge in [0.2, 0.25) is 0 Å². The molecule has 0 fully saturated rings. The van der Waals surface area contributed by atoms with Crippen molar-refractivity contribution in [2.24, 2.45) is 0 Å². The van der Waals surface area contributed by atoms with E-state index < -0.39 is 18.6 Å². The Hall–Kier alpha value is -1.64. The van der Waals surface area contributed by atoms with Crippen LogP contribution in [0.2, 0.25) is 0 Å². The standard InChI is InChI=1S/C10H13F3N2O3S/c1-17-6-5(14)7(9(16)18-2)19-8(6)15-4-3-10(11,12)13/h15H,3-4,14H2,1-2H3. The number of hydrogen-bond donors (Lipinski definition) is 2. The first-order valence-corrected chi connectivity index (χ1v) is 5.97. The third kappa shape index (κ3) is 3.91. The number of rotatable bonds is 5. The van der Waals surface area contributed by atoms with Crippen LogP contribution >= 0.6 is 11.3 Å². The highest BCUT2D eigenvalue weighted by atomic mass is 32.1. The van der Waals surface area contributed by atoms with Crippen molar-refractivity contribution < 1.29 is 27.4 Å². The van der Waals surface area contributed by atoms with Crippen LogP contribution in [0.1, 0.15) is 16.1 Å². The zero-order valence-electron chi connectivity index (χ0n) is 10.3. The summed E-state index contributed by atoms with van der Waals surface area (Å²) < 4.78 is 45.6. The average molecular weight is 298 g/mol. The van der Waals surface area contributed by atoms with Crippen molar-refractivity contribution in [2.45, 2.75) is 12.6 Å². The fraction of sp³-hybridized carbons (Fsp3) is 0.500. The maximum atomic E-state index is 12.0. The second-order valence-electron chi connectivity index (χ2n) is 3.49. The summed E-state index contributed by atoms with van der Waals surface area (Å²) in [6.07, 6.45) is -5.25. The maximum Gasteiger partial charge on any atom is 0.390 e. The number of thiophene rings is 1. The summed E-state index contributed by atoms with van der Waals surface area (Å²) in [6, 6.07) is 0. The van der Waals surface area contributed by atoms with Crippen LogP contribution < -0.4 is 15.8 Å². The fourth-order valence-corrected chi connectivity index (χ4v) is 2.34. The van der Waals surface area contributed by atoms with Gasteiger partial charge in [-0.15, -0.1) is 11.3 Å². The van der Waals surface area contributed by atoms with Crippen LogP contribution in [-0.4, -0.2) is 32.9 Å². The first kappa shape index (κ1) is 15.4. The van der Waals surface area contributed by atoms with Crippen LogP contribution in [0.5, 0.6) is 5.75 Å². The highest BCUT2D eigenvalue weighted by Gasteiger charge is 2.27. The summed E-state index contributed by atoms with van der Waals surface area (Å²) in [5.41, 5.74) is 5.72. The minimum Gasteiger partial charge on any atom is -0.492 e. The molecule has 1 rings (SSSR count). The quantitative estimate of drug-likeness (QED) is 0.817. The average Bonchev–Trinajstić information content (AvgIpc) is 2.63. The molecule has 3 N–H and O–H groups in total. The molecule has 0 atom stereocenters. The van der Waals surface area contributed by atoms with Gasteiger partial charge in [0.15, 0.2) is 5.75 Å². The van der Waals surface area contributed by atoms with Crippen molar-refractivity contribution in [1.29, 1.82) is 0 Å². The van der Waals surface area contributed by atoms with Gasteiger partial charge in [-0.1, -0.05) is 0 Å². The van der Waals surface area contributed by atoms with Crippen molar-refractivity contribution in [3.63, 3.8) is 0 Å². The number of nitrogens with one attached hydrogen (secondary N) is 1. The van der Waals surface area contributed by atoms with Gasteiger partial charge in [0.05, 0.1) is 20.6 Å². The van der Waals surface area contributed by atoms with Crippen LogP contribution in [0.4, 0.5) is 23.9 Å². The Morgan fingerprint density at radius 2 is 2.05 bits per heavy atom. The van der Waals surface area contributed by atoms with Crippen molar-refractivity contribution in [3.05, 3.63) is 4.88 Å². The number of halogens is 3. The Labute approximate surface area is 111 Å². The smallest absolute Gasteiger partial charge is 0.390 e. The van der Waals surface area contributed by atoms with Gasteiger partial charge < -0.3 is 20.5 Å². The van der Waals surface area contributed by atoms with E-state index in [0.717, 1.165) is 11.3 Å². The van der Waals surface area contributed by atoms with E-state index in [1.54, 1.807) is 0 Å². The van der Waals surface area contributed by atoms with E-state index in [0.29, 0.717) is 0 Å². The molecule has 0 aromatic carbocycles. The molecule has 0 aliphatic heterocycles. The van der Waals surface area contributed by atoms with Crippen LogP contribution in [-0.2, 0) is 4.74 Å². The summed E-state index contributed by atoms with van der Waals surface area (Å²) in [5.74, 6) is -0.516. The molecule has 1 aromatic heterocycles. The zero-order chi connectivity index (χ0) is 14.6. The van der Waals surface area contributed by atoms with Crippen LogP contribution in [0.15, 0.2) is 0 Å². The van der Waals surface area contributed by atoms with Gasteiger partial charge in [-0.3, -0.25) is 0 Å². The maximum absolute atomic E-state index is 12.0. The highest BCUT2D eigenvalue weighted by Crippen LogP contribution is 2.42. The van der Waals surface area contributed by atoms with Gasteiger partial charge >= 0.3 is 12.1 Å². The second-order valence-corrected chi connectivity index (χ2v) is 4.51. The normalized spacial score (nSPS) is 11.2. The number of carbonyl (C=O) groups is 1. The van der Waals surface area contributed by atoms with Gasteiger partial charge in [0, 0.05) is 6.54 Å². The van der Waals surface area contributed by atoms with E-state index in [1.165, 1.54) is 14.2 Å². The lowest BCUT2D eigenvalue weighted by molar-refractivity contribution is -0.131. The molecule has 0 aliphatic carbocycles. The molecule has 0 saturated carbocycles. The summed E-state index contributed by atoms with van der Waals surface area (Å²) in [6.45, 7) is -0.333. The Kier molecular flexibility index (Phi) is 4.87. The third-order valence-corrected chi connectivity index (χ3v) is 3.29. The lowest BCUT2D eigenvalue weighted by Crippen LogP contribution is -2.14. The minimum atomic E-state index is -4.26. The minimum absolute atomic E-state index is 0.0499. The number of carbonyl (C=O) groups excluding carboxylic acids is 1. The number of esters is 1. The number of nitrogen functional groups attached to an aromatic ring is 1. The first-order valence-electron chi connectivity index (χ1n) is 5.15. The molecule has 0 amide bonds. The molecule has 9 heteroatoms. The predicted molar refractivity (Wildman–Crippen MR) is 65.8 cm³/mol. The van der Waals surface area contributed by atoms with Gasteiger partial charge in [0.1, 0.15) is 15.6 Å². The van der Waals surface area contributed by atoms with Crippen molar-refractivity contribution >= 4 is 28.0 Å².